The molecule has 4 rings (SSSR count). The molecule has 0 radical (unpaired) electrons. The minimum Gasteiger partial charge on any atom is -0.451 e. The van der Waals surface area contributed by atoms with Crippen molar-refractivity contribution in [2.75, 3.05) is 5.32 Å². The standard InChI is InChI=1S/C18H12N2O5/c21-17(15-8-10-3-1-2-4-13(10)24-15)19-12-5-6-14-11(7-12)9-16(25-14)18(22)20-23/h1-9,23H,(H,19,21)(H,20,22). The fraction of sp³-hybridized carbons (Fsp3) is 0. The SMILES string of the molecule is O=C(NO)c1cc2cc(NC(=O)c3cc4ccccc4o3)ccc2o1. The predicted octanol–water partition coefficient (Wildman–Crippen LogP) is 3.55. The molecule has 3 N–H and O–H groups in total. The molecule has 2 heterocycles. The number of carbonyl (C=O) groups is 2. The maximum Gasteiger partial charge on any atom is 0.310 e. The third-order valence-electron chi connectivity index (χ3n) is 3.75. The van der Waals surface area contributed by atoms with Gasteiger partial charge < -0.3 is 14.2 Å². The average molecular weight is 336 g/mol. The second-order valence-electron chi connectivity index (χ2n) is 5.41. The molecule has 0 unspecified atom stereocenters. The summed E-state index contributed by atoms with van der Waals surface area (Å²) in [5.41, 5.74) is 3.13. The van der Waals surface area contributed by atoms with Gasteiger partial charge in [-0.05, 0) is 36.4 Å². The van der Waals surface area contributed by atoms with Crippen LogP contribution in [0.25, 0.3) is 21.9 Å². The molecule has 7 nitrogen and oxygen atoms in total. The van der Waals surface area contributed by atoms with Gasteiger partial charge in [-0.2, -0.15) is 0 Å². The normalized spacial score (nSPS) is 10.9. The molecule has 2 aromatic carbocycles. The zero-order valence-electron chi connectivity index (χ0n) is 12.8. The molecule has 0 aliphatic heterocycles. The van der Waals surface area contributed by atoms with Gasteiger partial charge in [-0.3, -0.25) is 14.8 Å². The van der Waals surface area contributed by atoms with E-state index in [-0.39, 0.29) is 17.4 Å². The highest BCUT2D eigenvalue weighted by Crippen LogP contribution is 2.24. The van der Waals surface area contributed by atoms with E-state index in [0.717, 1.165) is 5.39 Å². The Bertz CT molecular complexity index is 1080. The number of anilines is 1. The summed E-state index contributed by atoms with van der Waals surface area (Å²) in [5, 5.41) is 12.8. The van der Waals surface area contributed by atoms with Crippen molar-refractivity contribution in [2.24, 2.45) is 0 Å². The molecule has 0 saturated carbocycles. The van der Waals surface area contributed by atoms with Crippen LogP contribution in [0.1, 0.15) is 21.1 Å². The Kier molecular flexibility index (Phi) is 3.48. The summed E-state index contributed by atoms with van der Waals surface area (Å²) in [7, 11) is 0. The molecule has 0 saturated heterocycles. The summed E-state index contributed by atoms with van der Waals surface area (Å²) in [6.45, 7) is 0. The van der Waals surface area contributed by atoms with E-state index in [1.165, 1.54) is 11.5 Å². The van der Waals surface area contributed by atoms with Crippen LogP contribution in [0.15, 0.2) is 63.4 Å². The van der Waals surface area contributed by atoms with Crippen LogP contribution in [0.3, 0.4) is 0 Å². The van der Waals surface area contributed by atoms with E-state index in [2.05, 4.69) is 5.32 Å². The summed E-state index contributed by atoms with van der Waals surface area (Å²) < 4.78 is 10.8. The molecule has 124 valence electrons. The van der Waals surface area contributed by atoms with Crippen molar-refractivity contribution in [3.05, 3.63) is 66.1 Å². The van der Waals surface area contributed by atoms with Gasteiger partial charge in [0.1, 0.15) is 11.2 Å². The number of para-hydroxylation sites is 1. The van der Waals surface area contributed by atoms with Gasteiger partial charge in [0.2, 0.25) is 0 Å². The average Bonchev–Trinajstić information content (AvgIpc) is 3.24. The highest BCUT2D eigenvalue weighted by atomic mass is 16.5. The highest BCUT2D eigenvalue weighted by Gasteiger charge is 2.14. The van der Waals surface area contributed by atoms with E-state index in [9.17, 15) is 9.59 Å². The number of rotatable bonds is 3. The molecule has 0 aliphatic rings. The lowest BCUT2D eigenvalue weighted by Gasteiger charge is -2.02. The van der Waals surface area contributed by atoms with Gasteiger partial charge in [-0.15, -0.1) is 0 Å². The lowest BCUT2D eigenvalue weighted by Crippen LogP contribution is -2.17. The summed E-state index contributed by atoms with van der Waals surface area (Å²) >= 11 is 0. The molecule has 0 spiro atoms. The number of hydrogen-bond acceptors (Lipinski definition) is 5. The summed E-state index contributed by atoms with van der Waals surface area (Å²) in [6, 6.07) is 15.4. The lowest BCUT2D eigenvalue weighted by molar-refractivity contribution is 0.0678. The lowest BCUT2D eigenvalue weighted by atomic mass is 10.2. The van der Waals surface area contributed by atoms with Gasteiger partial charge in [-0.1, -0.05) is 18.2 Å². The topological polar surface area (TPSA) is 105 Å². The van der Waals surface area contributed by atoms with E-state index in [4.69, 9.17) is 14.0 Å². The minimum absolute atomic E-state index is 0.0294. The van der Waals surface area contributed by atoms with Crippen molar-refractivity contribution in [3.8, 4) is 0 Å². The van der Waals surface area contributed by atoms with Crippen molar-refractivity contribution in [1.82, 2.24) is 5.48 Å². The number of fused-ring (bicyclic) bond motifs is 2. The van der Waals surface area contributed by atoms with Crippen LogP contribution in [-0.2, 0) is 0 Å². The third kappa shape index (κ3) is 2.73. The Labute approximate surface area is 140 Å². The molecular weight excluding hydrogens is 324 g/mol. The zero-order valence-corrected chi connectivity index (χ0v) is 12.8. The number of benzene rings is 2. The van der Waals surface area contributed by atoms with Crippen LogP contribution < -0.4 is 10.8 Å². The van der Waals surface area contributed by atoms with Crippen LogP contribution in [-0.4, -0.2) is 17.0 Å². The van der Waals surface area contributed by atoms with Crippen molar-refractivity contribution in [3.63, 3.8) is 0 Å². The molecule has 4 aromatic rings. The first kappa shape index (κ1) is 15.0. The first-order valence-electron chi connectivity index (χ1n) is 7.42. The van der Waals surface area contributed by atoms with Crippen LogP contribution in [0, 0.1) is 0 Å². The number of nitrogens with one attached hydrogen (secondary N) is 2. The van der Waals surface area contributed by atoms with Crippen LogP contribution >= 0.6 is 0 Å². The number of hydrogen-bond donors (Lipinski definition) is 3. The molecule has 25 heavy (non-hydrogen) atoms. The first-order chi connectivity index (χ1) is 12.1. The molecular formula is C18H12N2O5. The largest absolute Gasteiger partial charge is 0.451 e. The zero-order chi connectivity index (χ0) is 17.4. The molecule has 2 amide bonds. The van der Waals surface area contributed by atoms with Crippen molar-refractivity contribution in [1.29, 1.82) is 0 Å². The number of furan rings is 2. The Morgan fingerprint density at radius 3 is 2.24 bits per heavy atom. The molecule has 0 fully saturated rings. The van der Waals surface area contributed by atoms with E-state index >= 15 is 0 Å². The molecule has 7 heteroatoms. The second-order valence-corrected chi connectivity index (χ2v) is 5.41. The summed E-state index contributed by atoms with van der Waals surface area (Å²) in [5.74, 6) is -0.955. The van der Waals surface area contributed by atoms with Gasteiger partial charge >= 0.3 is 5.91 Å². The van der Waals surface area contributed by atoms with Crippen LogP contribution in [0.4, 0.5) is 5.69 Å². The quantitative estimate of drug-likeness (QED) is 0.392. The summed E-state index contributed by atoms with van der Waals surface area (Å²) in [4.78, 5) is 23.7. The van der Waals surface area contributed by atoms with Crippen LogP contribution in [0.5, 0.6) is 0 Å². The monoisotopic (exact) mass is 336 g/mol. The second kappa shape index (κ2) is 5.81. The first-order valence-corrected chi connectivity index (χ1v) is 7.42. The molecule has 0 atom stereocenters. The number of hydroxylamine groups is 1. The van der Waals surface area contributed by atoms with E-state index in [1.54, 1.807) is 30.3 Å². The highest BCUT2D eigenvalue weighted by molar-refractivity contribution is 6.05. The Hall–Kier alpha value is -3.58. The maximum atomic E-state index is 12.4. The fourth-order valence-electron chi connectivity index (χ4n) is 2.57. The number of carbonyl (C=O) groups excluding carboxylic acids is 2. The molecule has 2 aromatic heterocycles. The molecule has 0 bridgehead atoms. The van der Waals surface area contributed by atoms with Gasteiger partial charge in [0.05, 0.1) is 0 Å². The van der Waals surface area contributed by atoms with Gasteiger partial charge in [0.25, 0.3) is 5.91 Å². The smallest absolute Gasteiger partial charge is 0.310 e. The van der Waals surface area contributed by atoms with Crippen molar-refractivity contribution >= 4 is 39.4 Å². The minimum atomic E-state index is -0.746. The predicted molar refractivity (Wildman–Crippen MR) is 89.6 cm³/mol. The van der Waals surface area contributed by atoms with Gasteiger partial charge in [0, 0.05) is 16.5 Å². The van der Waals surface area contributed by atoms with Gasteiger partial charge in [0.15, 0.2) is 11.5 Å². The van der Waals surface area contributed by atoms with Gasteiger partial charge in [-0.25, -0.2) is 5.48 Å². The Morgan fingerprint density at radius 1 is 0.800 bits per heavy atom. The fourth-order valence-corrected chi connectivity index (χ4v) is 2.57. The van der Waals surface area contributed by atoms with E-state index < -0.39 is 5.91 Å². The van der Waals surface area contributed by atoms with E-state index in [1.807, 2.05) is 18.2 Å². The van der Waals surface area contributed by atoms with Crippen molar-refractivity contribution < 1.29 is 23.6 Å². The Balaban J connectivity index is 1.61. The third-order valence-corrected chi connectivity index (χ3v) is 3.75. The Morgan fingerprint density at radius 2 is 1.48 bits per heavy atom. The van der Waals surface area contributed by atoms with Crippen LogP contribution in [0.2, 0.25) is 0 Å². The van der Waals surface area contributed by atoms with Crippen molar-refractivity contribution in [2.45, 2.75) is 0 Å². The van der Waals surface area contributed by atoms with E-state index in [0.29, 0.717) is 22.2 Å². The number of amides is 2. The molecule has 0 aliphatic carbocycles. The maximum absolute atomic E-state index is 12.4. The summed E-state index contributed by atoms with van der Waals surface area (Å²) in [6.07, 6.45) is 0.